The molecule has 23 heteroatoms. The standard InChI is InChI=1S/C52H61BrN16O5S/c1-56-28-32(27-54)36-25-41(61-52-59-29-38(53)48(63-52)60-40-7-6-39-46(58-15-14-57-39)47(40)64-75(3)55)44(74-2)26-43(36)68-18-12-33(13-19-68)67-22-20-65(21-23-67)30-31-10-16-66(17-11-31)34-4-5-35-37(24-34)51(73)69(50(35)72)42-8-9-45(70)62-49(42)71/h4-7,14-15,24-29,31,33,42H,8-13,16-23,30,54H2,1-3H3,(H2,55,64)(H,62,70,71)(H2,59,60,61,63)/b32-27+,56-28?. The summed E-state index contributed by atoms with van der Waals surface area (Å²) in [5.74, 6) is 0.0521. The van der Waals surface area contributed by atoms with Crippen LogP contribution in [0.5, 0.6) is 5.75 Å². The van der Waals surface area contributed by atoms with Gasteiger partial charge >= 0.3 is 0 Å². The first kappa shape index (κ1) is 51.4. The van der Waals surface area contributed by atoms with Gasteiger partial charge in [-0.15, -0.1) is 0 Å². The molecule has 2 atom stereocenters. The molecule has 3 aromatic carbocycles. The molecular weight excluding hydrogens is 1040 g/mol. The van der Waals surface area contributed by atoms with E-state index in [0.717, 1.165) is 112 Å². The Morgan fingerprint density at radius 3 is 2.36 bits per heavy atom. The summed E-state index contributed by atoms with van der Waals surface area (Å²) in [7, 11) is 2.49. The number of halogens is 1. The number of imide groups is 2. The SMILES string of the molecule is CN=C/C(=C\N)c1cc(Nc2ncc(Br)c(Nc3ccc4nccnc4c3NS(C)=N)n2)c(OC)cc1N1CCC(N2CCN(CC3CCN(c4ccc5c(c4)C(=O)N(C4CCC(=O)NC4=O)C5=O)CC3)CC2)CC1. The first-order valence-electron chi connectivity index (χ1n) is 25.2. The van der Waals surface area contributed by atoms with Crippen LogP contribution >= 0.6 is 15.9 Å². The highest BCUT2D eigenvalue weighted by Crippen LogP contribution is 2.41. The van der Waals surface area contributed by atoms with Crippen molar-refractivity contribution in [2.75, 3.05) is 104 Å². The van der Waals surface area contributed by atoms with Crippen molar-refractivity contribution in [1.82, 2.24) is 40.0 Å². The van der Waals surface area contributed by atoms with Gasteiger partial charge in [0.1, 0.15) is 23.1 Å². The number of benzene rings is 3. The van der Waals surface area contributed by atoms with E-state index in [1.807, 2.05) is 24.3 Å². The summed E-state index contributed by atoms with van der Waals surface area (Å²) in [6.45, 7) is 8.63. The van der Waals surface area contributed by atoms with Crippen molar-refractivity contribution in [3.05, 3.63) is 88.4 Å². The zero-order valence-corrected chi connectivity index (χ0v) is 44.5. The van der Waals surface area contributed by atoms with Crippen molar-refractivity contribution in [1.29, 1.82) is 4.78 Å². The third-order valence-electron chi connectivity index (χ3n) is 14.9. The topological polar surface area (TPSA) is 256 Å². The summed E-state index contributed by atoms with van der Waals surface area (Å²) < 4.78 is 18.1. The Morgan fingerprint density at radius 2 is 1.64 bits per heavy atom. The second-order valence-corrected chi connectivity index (χ2v) is 21.5. The van der Waals surface area contributed by atoms with Crippen molar-refractivity contribution in [2.45, 2.75) is 50.6 Å². The van der Waals surface area contributed by atoms with Gasteiger partial charge in [0.25, 0.3) is 11.8 Å². The fourth-order valence-electron chi connectivity index (χ4n) is 11.0. The maximum atomic E-state index is 13.5. The summed E-state index contributed by atoms with van der Waals surface area (Å²) >= 11 is 3.62. The molecule has 10 rings (SSSR count). The van der Waals surface area contributed by atoms with Crippen molar-refractivity contribution < 1.29 is 23.9 Å². The molecule has 4 fully saturated rings. The number of nitrogens with two attached hydrogens (primary N) is 1. The van der Waals surface area contributed by atoms with Crippen molar-refractivity contribution in [3.63, 3.8) is 0 Å². The van der Waals surface area contributed by atoms with Gasteiger partial charge in [-0.05, 0) is 101 Å². The number of piperidine rings is 3. The molecule has 2 aromatic heterocycles. The second-order valence-electron chi connectivity index (χ2n) is 19.4. The van der Waals surface area contributed by atoms with Crippen LogP contribution in [0.15, 0.2) is 76.7 Å². The molecule has 2 unspecified atom stereocenters. The molecule has 0 radical (unpaired) electrons. The third-order valence-corrected chi connectivity index (χ3v) is 16.0. The van der Waals surface area contributed by atoms with Crippen LogP contribution in [-0.4, -0.2) is 156 Å². The number of anilines is 7. The number of rotatable bonds is 15. The van der Waals surface area contributed by atoms with Crippen LogP contribution in [0.2, 0.25) is 0 Å². The minimum absolute atomic E-state index is 0.0908. The van der Waals surface area contributed by atoms with Crippen molar-refractivity contribution in [2.24, 2.45) is 16.6 Å². The number of aliphatic imine (C=N–C) groups is 1. The van der Waals surface area contributed by atoms with Gasteiger partial charge in [-0.3, -0.25) is 54.0 Å². The van der Waals surface area contributed by atoms with Gasteiger partial charge in [0.05, 0.1) is 45.3 Å². The molecule has 5 aromatic rings. The van der Waals surface area contributed by atoms with E-state index < -0.39 is 40.5 Å². The number of carbonyl (C=O) groups is 4. The van der Waals surface area contributed by atoms with Crippen molar-refractivity contribution >= 4 is 113 Å². The molecule has 75 heavy (non-hydrogen) atoms. The van der Waals surface area contributed by atoms with E-state index in [2.05, 4.69) is 82.2 Å². The molecule has 392 valence electrons. The molecule has 21 nitrogen and oxygen atoms in total. The van der Waals surface area contributed by atoms with E-state index in [4.69, 9.17) is 20.2 Å². The van der Waals surface area contributed by atoms with E-state index in [0.29, 0.717) is 73.2 Å². The smallest absolute Gasteiger partial charge is 0.262 e. The molecule has 0 bridgehead atoms. The average Bonchev–Trinajstić information content (AvgIpc) is 3.67. The summed E-state index contributed by atoms with van der Waals surface area (Å²) in [4.78, 5) is 84.7. The lowest BCUT2D eigenvalue weighted by atomic mass is 9.95. The number of carbonyl (C=O) groups excluding carboxylic acids is 4. The number of ether oxygens (including phenoxy) is 1. The summed E-state index contributed by atoms with van der Waals surface area (Å²) in [6.07, 6.45) is 14.4. The highest BCUT2D eigenvalue weighted by molar-refractivity contribution is 9.10. The summed E-state index contributed by atoms with van der Waals surface area (Å²) in [5.41, 5.74) is 13.8. The van der Waals surface area contributed by atoms with Gasteiger partial charge in [-0.1, -0.05) is 0 Å². The van der Waals surface area contributed by atoms with Crippen LogP contribution in [0.1, 0.15) is 64.8 Å². The first-order chi connectivity index (χ1) is 36.4. The molecule has 0 spiro atoms. The zero-order chi connectivity index (χ0) is 52.3. The van der Waals surface area contributed by atoms with E-state index >= 15 is 0 Å². The molecule has 7 N–H and O–H groups in total. The Hall–Kier alpha value is -7.08. The Balaban J connectivity index is 0.742. The minimum Gasteiger partial charge on any atom is -0.494 e. The summed E-state index contributed by atoms with van der Waals surface area (Å²) in [6, 6.07) is 12.7. The maximum absolute atomic E-state index is 13.5. The fraction of sp³-hybridized carbons (Fsp3) is 0.404. The zero-order valence-electron chi connectivity index (χ0n) is 42.1. The highest BCUT2D eigenvalue weighted by Gasteiger charge is 2.45. The number of hydrogen-bond donors (Lipinski definition) is 6. The third kappa shape index (κ3) is 10.9. The monoisotopic (exact) mass is 1100 g/mol. The van der Waals surface area contributed by atoms with Crippen LogP contribution < -0.4 is 40.9 Å². The van der Waals surface area contributed by atoms with Crippen LogP contribution in [0.4, 0.5) is 40.2 Å². The maximum Gasteiger partial charge on any atom is 0.262 e. The fourth-order valence-corrected chi connectivity index (χ4v) is 11.8. The molecule has 0 aliphatic carbocycles. The van der Waals surface area contributed by atoms with Crippen molar-refractivity contribution in [3.8, 4) is 5.75 Å². The molecule has 4 amide bonds. The van der Waals surface area contributed by atoms with Crippen LogP contribution in [0, 0.1) is 10.7 Å². The number of fused-ring (bicyclic) bond motifs is 2. The van der Waals surface area contributed by atoms with Gasteiger partial charge in [0, 0.05) is 144 Å². The van der Waals surface area contributed by atoms with Gasteiger partial charge in [0.15, 0.2) is 0 Å². The number of nitrogens with one attached hydrogen (secondary N) is 5. The number of amides is 4. The van der Waals surface area contributed by atoms with Crippen LogP contribution in [0.3, 0.4) is 0 Å². The molecule has 5 aliphatic heterocycles. The van der Waals surface area contributed by atoms with Gasteiger partial charge in [0.2, 0.25) is 17.8 Å². The molecular formula is C52H61BrN16O5S. The lowest BCUT2D eigenvalue weighted by Gasteiger charge is -2.44. The highest BCUT2D eigenvalue weighted by atomic mass is 79.9. The summed E-state index contributed by atoms with van der Waals surface area (Å²) in [5, 5.41) is 9.07. The normalized spacial score (nSPS) is 20.0. The van der Waals surface area contributed by atoms with Gasteiger partial charge in [-0.25, -0.2) is 4.98 Å². The average molecular weight is 1100 g/mol. The van der Waals surface area contributed by atoms with E-state index in [-0.39, 0.29) is 12.8 Å². The number of piperazine rings is 1. The number of aromatic nitrogens is 4. The minimum atomic E-state index is -0.976. The lowest BCUT2D eigenvalue weighted by Crippen LogP contribution is -2.54. The Labute approximate surface area is 445 Å². The van der Waals surface area contributed by atoms with Crippen LogP contribution in [0.25, 0.3) is 16.6 Å². The van der Waals surface area contributed by atoms with E-state index in [1.165, 1.54) is 0 Å². The van der Waals surface area contributed by atoms with Gasteiger partial charge in [-0.2, -0.15) is 4.98 Å². The Kier molecular flexibility index (Phi) is 15.4. The number of allylic oxidation sites excluding steroid dienone is 1. The molecule has 4 saturated heterocycles. The lowest BCUT2D eigenvalue weighted by molar-refractivity contribution is -0.136. The van der Waals surface area contributed by atoms with Crippen LogP contribution in [-0.2, 0) is 20.5 Å². The second kappa shape index (κ2) is 22.4. The largest absolute Gasteiger partial charge is 0.494 e. The predicted octanol–water partition coefficient (Wildman–Crippen LogP) is 5.92. The number of methoxy groups -OCH3 is 1. The molecule has 7 heterocycles. The quantitative estimate of drug-likeness (QED) is 0.0525. The van der Waals surface area contributed by atoms with E-state index in [1.54, 1.807) is 63.6 Å². The predicted molar refractivity (Wildman–Crippen MR) is 296 cm³/mol. The number of nitrogens with zero attached hydrogens (tertiary/aromatic N) is 10. The van der Waals surface area contributed by atoms with E-state index in [9.17, 15) is 19.2 Å². The molecule has 5 aliphatic rings. The number of hydrogen-bond acceptors (Lipinski definition) is 18. The molecule has 0 saturated carbocycles. The Bertz CT molecular complexity index is 3120. The van der Waals surface area contributed by atoms with Gasteiger partial charge < -0.3 is 40.5 Å². The first-order valence-corrected chi connectivity index (χ1v) is 27.6. The Morgan fingerprint density at radius 1 is 0.893 bits per heavy atom.